The third kappa shape index (κ3) is 3.73. The molecule has 1 saturated heterocycles. The van der Waals surface area contributed by atoms with Gasteiger partial charge in [0.2, 0.25) is 0 Å². The average molecular weight is 391 g/mol. The molecule has 9 heteroatoms. The van der Waals surface area contributed by atoms with E-state index >= 15 is 0 Å². The van der Waals surface area contributed by atoms with Crippen LogP contribution in [0.25, 0.3) is 0 Å². The number of nitrogens with zero attached hydrogens (tertiary/aromatic N) is 3. The van der Waals surface area contributed by atoms with E-state index in [0.29, 0.717) is 41.5 Å². The summed E-state index contributed by atoms with van der Waals surface area (Å²) in [5.41, 5.74) is 0.238. The third-order valence-electron chi connectivity index (χ3n) is 4.21. The zero-order chi connectivity index (χ0) is 18.7. The largest absolute Gasteiger partial charge is 0.335 e. The predicted octanol–water partition coefficient (Wildman–Crippen LogP) is 2.98. The monoisotopic (exact) mass is 391 g/mol. The summed E-state index contributed by atoms with van der Waals surface area (Å²) in [5.74, 6) is -0.268. The molecule has 1 fully saturated rings. The van der Waals surface area contributed by atoms with E-state index in [1.54, 1.807) is 34.3 Å². The molecule has 2 aromatic rings. The number of carbonyl (C=O) groups excluding carboxylic acids is 2. The molecule has 1 aliphatic rings. The number of thiophene rings is 1. The number of rotatable bonds is 4. The molecule has 2 heterocycles. The molecule has 26 heavy (non-hydrogen) atoms. The van der Waals surface area contributed by atoms with Crippen molar-refractivity contribution in [1.82, 2.24) is 9.80 Å². The van der Waals surface area contributed by atoms with Gasteiger partial charge in [0.05, 0.1) is 14.7 Å². The summed E-state index contributed by atoms with van der Waals surface area (Å²) in [4.78, 5) is 40.3. The molecule has 0 saturated carbocycles. The molecule has 0 unspecified atom stereocenters. The molecule has 136 valence electrons. The first-order chi connectivity index (χ1) is 12.5. The zero-order valence-corrected chi connectivity index (χ0v) is 15.7. The normalized spacial score (nSPS) is 14.3. The van der Waals surface area contributed by atoms with Gasteiger partial charge in [-0.05, 0) is 29.8 Å². The summed E-state index contributed by atoms with van der Waals surface area (Å²) in [6.07, 6.45) is 1.76. The van der Waals surface area contributed by atoms with Crippen LogP contribution in [0.2, 0.25) is 0 Å². The Labute approximate surface area is 158 Å². The lowest BCUT2D eigenvalue weighted by molar-refractivity contribution is -0.387. The maximum atomic E-state index is 12.7. The van der Waals surface area contributed by atoms with E-state index in [-0.39, 0.29) is 17.5 Å². The smallest absolute Gasteiger partial charge is 0.283 e. The zero-order valence-electron chi connectivity index (χ0n) is 14.1. The van der Waals surface area contributed by atoms with Crippen molar-refractivity contribution in [3.63, 3.8) is 0 Å². The minimum absolute atomic E-state index is 0.0212. The Morgan fingerprint density at radius 2 is 1.77 bits per heavy atom. The summed E-state index contributed by atoms with van der Waals surface area (Å²) in [6.45, 7) is 1.73. The maximum Gasteiger partial charge on any atom is 0.283 e. The molecule has 3 rings (SSSR count). The topological polar surface area (TPSA) is 83.8 Å². The molecule has 1 aliphatic heterocycles. The van der Waals surface area contributed by atoms with Gasteiger partial charge in [0, 0.05) is 37.8 Å². The van der Waals surface area contributed by atoms with Gasteiger partial charge in [-0.25, -0.2) is 0 Å². The van der Waals surface area contributed by atoms with Crippen LogP contribution in [0.3, 0.4) is 0 Å². The molecule has 0 bridgehead atoms. The van der Waals surface area contributed by atoms with Crippen molar-refractivity contribution in [3.05, 3.63) is 56.3 Å². The van der Waals surface area contributed by atoms with Crippen LogP contribution >= 0.6 is 23.1 Å². The highest BCUT2D eigenvalue weighted by Gasteiger charge is 2.27. The summed E-state index contributed by atoms with van der Waals surface area (Å²) >= 11 is 2.67. The van der Waals surface area contributed by atoms with Crippen LogP contribution in [0, 0.1) is 10.1 Å². The lowest BCUT2D eigenvalue weighted by Gasteiger charge is -2.34. The van der Waals surface area contributed by atoms with E-state index in [1.807, 2.05) is 11.4 Å². The van der Waals surface area contributed by atoms with E-state index in [0.717, 1.165) is 0 Å². The lowest BCUT2D eigenvalue weighted by atomic mass is 10.1. The second-order valence-electron chi connectivity index (χ2n) is 5.71. The Morgan fingerprint density at radius 1 is 1.12 bits per heavy atom. The minimum Gasteiger partial charge on any atom is -0.335 e. The molecule has 0 N–H and O–H groups in total. The van der Waals surface area contributed by atoms with Crippen LogP contribution in [0.4, 0.5) is 5.69 Å². The van der Waals surface area contributed by atoms with Crippen molar-refractivity contribution in [2.24, 2.45) is 0 Å². The first-order valence-electron chi connectivity index (χ1n) is 7.95. The minimum atomic E-state index is -0.472. The SMILES string of the molecule is CSc1ccc(C(=O)N2CCN(C(=O)c3cccs3)CC2)cc1[N+](=O)[O-]. The van der Waals surface area contributed by atoms with Gasteiger partial charge >= 0.3 is 0 Å². The number of carbonyl (C=O) groups is 2. The van der Waals surface area contributed by atoms with Crippen molar-refractivity contribution in [2.75, 3.05) is 32.4 Å². The Bertz CT molecular complexity index is 831. The highest BCUT2D eigenvalue weighted by Crippen LogP contribution is 2.29. The van der Waals surface area contributed by atoms with Crippen LogP contribution in [-0.2, 0) is 0 Å². The summed E-state index contributed by atoms with van der Waals surface area (Å²) in [5, 5.41) is 13.0. The van der Waals surface area contributed by atoms with Gasteiger partial charge in [0.15, 0.2) is 0 Å². The molecular formula is C17H17N3O4S2. The summed E-state index contributed by atoms with van der Waals surface area (Å²) < 4.78 is 0. The number of benzene rings is 1. The number of piperazine rings is 1. The van der Waals surface area contributed by atoms with Crippen molar-refractivity contribution in [2.45, 2.75) is 4.90 Å². The number of hydrogen-bond donors (Lipinski definition) is 0. The van der Waals surface area contributed by atoms with E-state index in [4.69, 9.17) is 0 Å². The number of thioether (sulfide) groups is 1. The number of amides is 2. The third-order valence-corrected chi connectivity index (χ3v) is 5.85. The van der Waals surface area contributed by atoms with Gasteiger partial charge in [0.25, 0.3) is 17.5 Å². The van der Waals surface area contributed by atoms with Crippen LogP contribution in [0.5, 0.6) is 0 Å². The molecule has 0 atom stereocenters. The van der Waals surface area contributed by atoms with Gasteiger partial charge in [-0.2, -0.15) is 0 Å². The molecule has 2 amide bonds. The predicted molar refractivity (Wildman–Crippen MR) is 101 cm³/mol. The van der Waals surface area contributed by atoms with Crippen LogP contribution in [0.15, 0.2) is 40.6 Å². The van der Waals surface area contributed by atoms with Crippen LogP contribution in [0.1, 0.15) is 20.0 Å². The van der Waals surface area contributed by atoms with Crippen molar-refractivity contribution < 1.29 is 14.5 Å². The van der Waals surface area contributed by atoms with Crippen LogP contribution in [-0.4, -0.2) is 59.0 Å². The van der Waals surface area contributed by atoms with Gasteiger partial charge < -0.3 is 9.80 Å². The van der Waals surface area contributed by atoms with Gasteiger partial charge in [-0.1, -0.05) is 6.07 Å². The standard InChI is InChI=1S/C17H17N3O4S2/c1-25-14-5-4-12(11-13(14)20(23)24)16(21)18-6-8-19(9-7-18)17(22)15-3-2-10-26-15/h2-5,10-11H,6-9H2,1H3. The van der Waals surface area contributed by atoms with E-state index in [2.05, 4.69) is 0 Å². The summed E-state index contributed by atoms with van der Waals surface area (Å²) in [7, 11) is 0. The molecule has 0 radical (unpaired) electrons. The second-order valence-corrected chi connectivity index (χ2v) is 7.50. The quantitative estimate of drug-likeness (QED) is 0.454. The van der Waals surface area contributed by atoms with Crippen molar-refractivity contribution in [1.29, 1.82) is 0 Å². The van der Waals surface area contributed by atoms with E-state index in [1.165, 1.54) is 29.2 Å². The van der Waals surface area contributed by atoms with Crippen molar-refractivity contribution in [3.8, 4) is 0 Å². The fourth-order valence-corrected chi connectivity index (χ4v) is 4.05. The van der Waals surface area contributed by atoms with Crippen LogP contribution < -0.4 is 0 Å². The Hall–Kier alpha value is -2.39. The first kappa shape index (κ1) is 18.4. The average Bonchev–Trinajstić information content (AvgIpc) is 3.21. The number of nitro benzene ring substituents is 1. The van der Waals surface area contributed by atoms with Gasteiger partial charge in [-0.3, -0.25) is 19.7 Å². The Kier molecular flexibility index (Phi) is 5.58. The summed E-state index contributed by atoms with van der Waals surface area (Å²) in [6, 6.07) is 8.17. The highest BCUT2D eigenvalue weighted by atomic mass is 32.2. The fraction of sp³-hybridized carbons (Fsp3) is 0.294. The molecule has 1 aromatic heterocycles. The number of hydrogen-bond acceptors (Lipinski definition) is 6. The maximum absolute atomic E-state index is 12.7. The highest BCUT2D eigenvalue weighted by molar-refractivity contribution is 7.98. The second kappa shape index (κ2) is 7.88. The Balaban J connectivity index is 1.68. The molecular weight excluding hydrogens is 374 g/mol. The van der Waals surface area contributed by atoms with Gasteiger partial charge in [-0.15, -0.1) is 23.1 Å². The Morgan fingerprint density at radius 3 is 2.31 bits per heavy atom. The van der Waals surface area contributed by atoms with E-state index in [9.17, 15) is 19.7 Å². The number of nitro groups is 1. The fourth-order valence-electron chi connectivity index (χ4n) is 2.82. The molecule has 7 nitrogen and oxygen atoms in total. The van der Waals surface area contributed by atoms with Gasteiger partial charge in [0.1, 0.15) is 0 Å². The first-order valence-corrected chi connectivity index (χ1v) is 10.1. The van der Waals surface area contributed by atoms with E-state index < -0.39 is 4.92 Å². The molecule has 0 spiro atoms. The molecule has 0 aliphatic carbocycles. The lowest BCUT2D eigenvalue weighted by Crippen LogP contribution is -2.50. The van der Waals surface area contributed by atoms with Crippen molar-refractivity contribution >= 4 is 40.6 Å². The molecule has 1 aromatic carbocycles.